The van der Waals surface area contributed by atoms with Crippen molar-refractivity contribution in [3.63, 3.8) is 0 Å². The second kappa shape index (κ2) is 10.1. The Bertz CT molecular complexity index is 925. The van der Waals surface area contributed by atoms with Gasteiger partial charge in [0.2, 0.25) is 5.91 Å². The Labute approximate surface area is 173 Å². The Morgan fingerprint density at radius 3 is 2.57 bits per heavy atom. The minimum absolute atomic E-state index is 0.105. The molecule has 0 aliphatic carbocycles. The van der Waals surface area contributed by atoms with E-state index in [1.807, 2.05) is 28.8 Å². The number of aromatic nitrogens is 3. The molecule has 1 heterocycles. The van der Waals surface area contributed by atoms with Crippen LogP contribution in [0.4, 0.5) is 5.69 Å². The Morgan fingerprint density at radius 2 is 1.86 bits per heavy atom. The van der Waals surface area contributed by atoms with Crippen molar-refractivity contribution in [3.05, 3.63) is 83.7 Å². The number of allylic oxidation sites excluding steroid dienone is 1. The Hall–Kier alpha value is -2.57. The molecule has 1 aromatic heterocycles. The van der Waals surface area contributed by atoms with E-state index in [1.54, 1.807) is 24.3 Å². The molecule has 5 nitrogen and oxygen atoms in total. The first-order chi connectivity index (χ1) is 13.7. The van der Waals surface area contributed by atoms with Gasteiger partial charge in [-0.25, -0.2) is 0 Å². The van der Waals surface area contributed by atoms with E-state index >= 15 is 0 Å². The van der Waals surface area contributed by atoms with E-state index in [9.17, 15) is 4.79 Å². The predicted molar refractivity (Wildman–Crippen MR) is 115 cm³/mol. The van der Waals surface area contributed by atoms with Crippen molar-refractivity contribution in [1.29, 1.82) is 0 Å². The first kappa shape index (κ1) is 20.2. The van der Waals surface area contributed by atoms with Crippen molar-refractivity contribution in [2.75, 3.05) is 11.1 Å². The van der Waals surface area contributed by atoms with Crippen LogP contribution in [0, 0.1) is 0 Å². The number of thioether (sulfide) groups is 1. The molecule has 1 N–H and O–H groups in total. The molecule has 0 bridgehead atoms. The number of nitrogens with one attached hydrogen (secondary N) is 1. The highest BCUT2D eigenvalue weighted by Crippen LogP contribution is 2.19. The highest BCUT2D eigenvalue weighted by atomic mass is 35.5. The lowest BCUT2D eigenvalue weighted by atomic mass is 10.1. The van der Waals surface area contributed by atoms with Crippen LogP contribution < -0.4 is 5.32 Å². The van der Waals surface area contributed by atoms with Crippen LogP contribution in [-0.2, 0) is 24.2 Å². The Kier molecular flexibility index (Phi) is 7.28. The van der Waals surface area contributed by atoms with Crippen LogP contribution in [0.25, 0.3) is 0 Å². The number of benzene rings is 2. The maximum atomic E-state index is 12.2. The van der Waals surface area contributed by atoms with Crippen molar-refractivity contribution in [1.82, 2.24) is 14.8 Å². The van der Waals surface area contributed by atoms with Crippen LogP contribution in [0.2, 0.25) is 5.02 Å². The molecule has 0 radical (unpaired) electrons. The fourth-order valence-corrected chi connectivity index (χ4v) is 3.58. The van der Waals surface area contributed by atoms with Crippen LogP contribution in [-0.4, -0.2) is 26.4 Å². The molecule has 0 fully saturated rings. The van der Waals surface area contributed by atoms with Gasteiger partial charge in [0.05, 0.1) is 5.75 Å². The van der Waals surface area contributed by atoms with E-state index in [4.69, 9.17) is 11.6 Å². The summed E-state index contributed by atoms with van der Waals surface area (Å²) in [6, 6.07) is 17.3. The van der Waals surface area contributed by atoms with E-state index in [0.717, 1.165) is 18.7 Å². The van der Waals surface area contributed by atoms with Crippen molar-refractivity contribution >= 4 is 35.0 Å². The Balaban J connectivity index is 1.59. The summed E-state index contributed by atoms with van der Waals surface area (Å²) in [6.45, 7) is 4.43. The second-order valence-electron chi connectivity index (χ2n) is 6.13. The number of carbonyl (C=O) groups excluding carboxylic acids is 1. The van der Waals surface area contributed by atoms with Crippen LogP contribution in [0.3, 0.4) is 0 Å². The van der Waals surface area contributed by atoms with E-state index in [0.29, 0.717) is 22.4 Å². The lowest BCUT2D eigenvalue weighted by Crippen LogP contribution is -2.14. The van der Waals surface area contributed by atoms with Crippen molar-refractivity contribution in [2.45, 2.75) is 24.5 Å². The molecule has 0 spiro atoms. The third-order valence-corrected chi connectivity index (χ3v) is 5.26. The molecule has 2 aromatic carbocycles. The molecule has 0 saturated heterocycles. The Morgan fingerprint density at radius 1 is 1.11 bits per heavy atom. The summed E-state index contributed by atoms with van der Waals surface area (Å²) in [5.74, 6) is 1.03. The molecule has 0 saturated carbocycles. The topological polar surface area (TPSA) is 59.8 Å². The van der Waals surface area contributed by atoms with Crippen LogP contribution in [0.15, 0.2) is 72.4 Å². The number of rotatable bonds is 9. The van der Waals surface area contributed by atoms with Gasteiger partial charge in [-0.1, -0.05) is 59.8 Å². The minimum Gasteiger partial charge on any atom is -0.325 e. The van der Waals surface area contributed by atoms with Gasteiger partial charge < -0.3 is 9.88 Å². The summed E-state index contributed by atoms with van der Waals surface area (Å²) < 4.78 is 2.01. The van der Waals surface area contributed by atoms with E-state index in [2.05, 4.69) is 34.2 Å². The lowest BCUT2D eigenvalue weighted by Gasteiger charge is -2.08. The first-order valence-corrected chi connectivity index (χ1v) is 10.3. The van der Waals surface area contributed by atoms with Crippen LogP contribution >= 0.6 is 23.4 Å². The third-order valence-electron chi connectivity index (χ3n) is 4.05. The number of carbonyl (C=O) groups is 1. The minimum atomic E-state index is -0.105. The maximum absolute atomic E-state index is 12.2. The smallest absolute Gasteiger partial charge is 0.234 e. The lowest BCUT2D eigenvalue weighted by molar-refractivity contribution is -0.113. The molecule has 1 amide bonds. The van der Waals surface area contributed by atoms with Gasteiger partial charge in [0.1, 0.15) is 5.82 Å². The van der Waals surface area contributed by atoms with Gasteiger partial charge in [-0.05, 0) is 36.2 Å². The van der Waals surface area contributed by atoms with Crippen LogP contribution in [0.1, 0.15) is 11.4 Å². The average molecular weight is 413 g/mol. The van der Waals surface area contributed by atoms with Crippen LogP contribution in [0.5, 0.6) is 0 Å². The number of anilines is 1. The average Bonchev–Trinajstić information content (AvgIpc) is 3.09. The zero-order chi connectivity index (χ0) is 19.8. The van der Waals surface area contributed by atoms with Gasteiger partial charge in [-0.3, -0.25) is 4.79 Å². The number of amides is 1. The fraction of sp³-hybridized carbons (Fsp3) is 0.190. The molecular weight excluding hydrogens is 392 g/mol. The third kappa shape index (κ3) is 5.71. The van der Waals surface area contributed by atoms with Gasteiger partial charge in [0, 0.05) is 23.7 Å². The second-order valence-corrected chi connectivity index (χ2v) is 7.51. The summed E-state index contributed by atoms with van der Waals surface area (Å²) in [7, 11) is 0. The zero-order valence-corrected chi connectivity index (χ0v) is 16.9. The van der Waals surface area contributed by atoms with Gasteiger partial charge in [-0.2, -0.15) is 0 Å². The van der Waals surface area contributed by atoms with E-state index < -0.39 is 0 Å². The largest absolute Gasteiger partial charge is 0.325 e. The molecule has 28 heavy (non-hydrogen) atoms. The van der Waals surface area contributed by atoms with Crippen molar-refractivity contribution in [3.8, 4) is 0 Å². The highest BCUT2D eigenvalue weighted by molar-refractivity contribution is 7.99. The fourth-order valence-electron chi connectivity index (χ4n) is 2.68. The summed E-state index contributed by atoms with van der Waals surface area (Å²) in [5, 5.41) is 12.8. The zero-order valence-electron chi connectivity index (χ0n) is 15.3. The first-order valence-electron chi connectivity index (χ1n) is 8.91. The predicted octanol–water partition coefficient (Wildman–Crippen LogP) is 4.63. The SMILES string of the molecule is C=CCn1c(CCc2ccccc2)nnc1SCC(=O)Nc1ccc(Cl)cc1. The molecule has 3 rings (SSSR count). The monoisotopic (exact) mass is 412 g/mol. The standard InChI is InChI=1S/C21H21ClN4OS/c1-2-14-26-19(13-8-16-6-4-3-5-7-16)24-25-21(26)28-15-20(27)23-18-11-9-17(22)10-12-18/h2-7,9-12H,1,8,13-15H2,(H,23,27). The number of nitrogens with zero attached hydrogens (tertiary/aromatic N) is 3. The number of hydrogen-bond donors (Lipinski definition) is 1. The molecule has 0 unspecified atom stereocenters. The summed E-state index contributed by atoms with van der Waals surface area (Å²) in [6.07, 6.45) is 3.48. The molecule has 0 atom stereocenters. The van der Waals surface area contributed by atoms with E-state index in [-0.39, 0.29) is 11.7 Å². The number of hydrogen-bond acceptors (Lipinski definition) is 4. The highest BCUT2D eigenvalue weighted by Gasteiger charge is 2.13. The summed E-state index contributed by atoms with van der Waals surface area (Å²) in [5.41, 5.74) is 1.97. The van der Waals surface area contributed by atoms with Gasteiger partial charge in [0.15, 0.2) is 5.16 Å². The maximum Gasteiger partial charge on any atom is 0.234 e. The normalized spacial score (nSPS) is 10.6. The number of aryl methyl sites for hydroxylation is 2. The van der Waals surface area contributed by atoms with Gasteiger partial charge in [-0.15, -0.1) is 16.8 Å². The van der Waals surface area contributed by atoms with E-state index in [1.165, 1.54) is 17.3 Å². The summed E-state index contributed by atoms with van der Waals surface area (Å²) in [4.78, 5) is 12.2. The summed E-state index contributed by atoms with van der Waals surface area (Å²) >= 11 is 7.22. The molecule has 0 aliphatic rings. The quantitative estimate of drug-likeness (QED) is 0.411. The van der Waals surface area contributed by atoms with Gasteiger partial charge in [0.25, 0.3) is 0 Å². The molecule has 3 aromatic rings. The molecule has 7 heteroatoms. The van der Waals surface area contributed by atoms with Crippen molar-refractivity contribution in [2.24, 2.45) is 0 Å². The molecular formula is C21H21ClN4OS. The molecule has 144 valence electrons. The van der Waals surface area contributed by atoms with Crippen molar-refractivity contribution < 1.29 is 4.79 Å². The number of halogens is 1. The van der Waals surface area contributed by atoms with Gasteiger partial charge >= 0.3 is 0 Å². The molecule has 0 aliphatic heterocycles.